The summed E-state index contributed by atoms with van der Waals surface area (Å²) in [5.74, 6) is 0.316. The quantitative estimate of drug-likeness (QED) is 0.445. The molecule has 0 unspecified atom stereocenters. The average Bonchev–Trinajstić information content (AvgIpc) is 3.08. The lowest BCUT2D eigenvalue weighted by Crippen LogP contribution is -2.14. The topological polar surface area (TPSA) is 52.4 Å². The van der Waals surface area contributed by atoms with Crippen LogP contribution in [0.3, 0.4) is 0 Å². The molecule has 18 heavy (non-hydrogen) atoms. The molecule has 1 fully saturated rings. The van der Waals surface area contributed by atoms with E-state index in [2.05, 4.69) is 15.9 Å². The minimum Gasteiger partial charge on any atom is -0.490 e. The van der Waals surface area contributed by atoms with Crippen molar-refractivity contribution in [3.63, 3.8) is 0 Å². The number of nitro benzene ring substituents is 1. The number of alkyl halides is 1. The summed E-state index contributed by atoms with van der Waals surface area (Å²) in [6.07, 6.45) is 2.20. The first kappa shape index (κ1) is 13.9. The van der Waals surface area contributed by atoms with E-state index >= 15 is 0 Å². The van der Waals surface area contributed by atoms with Gasteiger partial charge < -0.3 is 4.74 Å². The summed E-state index contributed by atoms with van der Waals surface area (Å²) >= 11 is 15.3. The van der Waals surface area contributed by atoms with Gasteiger partial charge >= 0.3 is 0 Å². The molecule has 1 aromatic rings. The smallest absolute Gasteiger partial charge is 0.272 e. The molecule has 0 atom stereocenters. The molecule has 0 aliphatic heterocycles. The lowest BCUT2D eigenvalue weighted by molar-refractivity contribution is -0.384. The standard InChI is InChI=1S/C11H10BrCl2NO3/c12-5-11(1-2-11)6-18-10-8(13)3-7(15(16)17)4-9(10)14/h3-4H,1-2,5-6H2. The summed E-state index contributed by atoms with van der Waals surface area (Å²) in [5, 5.41) is 11.8. The highest BCUT2D eigenvalue weighted by Gasteiger charge is 2.42. The number of benzene rings is 1. The molecule has 1 aliphatic rings. The highest BCUT2D eigenvalue weighted by Crippen LogP contribution is 2.48. The average molecular weight is 355 g/mol. The van der Waals surface area contributed by atoms with Gasteiger partial charge in [0.2, 0.25) is 0 Å². The van der Waals surface area contributed by atoms with Crippen LogP contribution in [-0.4, -0.2) is 16.9 Å². The third-order valence-corrected chi connectivity index (χ3v) is 4.71. The van der Waals surface area contributed by atoms with Gasteiger partial charge in [-0.3, -0.25) is 10.1 Å². The van der Waals surface area contributed by atoms with Crippen LogP contribution in [0.1, 0.15) is 12.8 Å². The third kappa shape index (κ3) is 2.90. The van der Waals surface area contributed by atoms with Crippen LogP contribution < -0.4 is 4.74 Å². The molecule has 1 aromatic carbocycles. The van der Waals surface area contributed by atoms with Crippen molar-refractivity contribution in [3.05, 3.63) is 32.3 Å². The molecule has 2 rings (SSSR count). The summed E-state index contributed by atoms with van der Waals surface area (Å²) in [5.41, 5.74) is 0.0213. The number of hydrogen-bond acceptors (Lipinski definition) is 3. The fourth-order valence-electron chi connectivity index (χ4n) is 1.51. The van der Waals surface area contributed by atoms with E-state index in [1.807, 2.05) is 0 Å². The zero-order valence-corrected chi connectivity index (χ0v) is 12.4. The van der Waals surface area contributed by atoms with Crippen molar-refractivity contribution < 1.29 is 9.66 Å². The molecule has 0 radical (unpaired) electrons. The first-order chi connectivity index (χ1) is 8.47. The predicted molar refractivity (Wildman–Crippen MR) is 74.1 cm³/mol. The van der Waals surface area contributed by atoms with E-state index in [1.165, 1.54) is 12.1 Å². The molecule has 0 N–H and O–H groups in total. The maximum Gasteiger partial charge on any atom is 0.272 e. The van der Waals surface area contributed by atoms with E-state index in [9.17, 15) is 10.1 Å². The Labute approximate surface area is 122 Å². The number of nitrogens with zero attached hydrogens (tertiary/aromatic N) is 1. The van der Waals surface area contributed by atoms with Gasteiger partial charge in [0.05, 0.1) is 21.6 Å². The number of hydrogen-bond donors (Lipinski definition) is 0. The Morgan fingerprint density at radius 3 is 2.33 bits per heavy atom. The van der Waals surface area contributed by atoms with Gasteiger partial charge in [-0.15, -0.1) is 0 Å². The molecule has 0 spiro atoms. The summed E-state index contributed by atoms with van der Waals surface area (Å²) in [7, 11) is 0. The number of non-ortho nitro benzene ring substituents is 1. The van der Waals surface area contributed by atoms with Crippen LogP contribution in [0.4, 0.5) is 5.69 Å². The van der Waals surface area contributed by atoms with Crippen molar-refractivity contribution in [3.8, 4) is 5.75 Å². The van der Waals surface area contributed by atoms with Crippen molar-refractivity contribution in [2.24, 2.45) is 5.41 Å². The van der Waals surface area contributed by atoms with E-state index in [4.69, 9.17) is 27.9 Å². The zero-order valence-electron chi connectivity index (χ0n) is 9.29. The van der Waals surface area contributed by atoms with Crippen molar-refractivity contribution in [1.29, 1.82) is 0 Å². The van der Waals surface area contributed by atoms with E-state index in [-0.39, 0.29) is 21.1 Å². The lowest BCUT2D eigenvalue weighted by atomic mass is 10.2. The van der Waals surface area contributed by atoms with E-state index < -0.39 is 4.92 Å². The van der Waals surface area contributed by atoms with Crippen LogP contribution in [0.2, 0.25) is 10.0 Å². The molecular formula is C11H10BrCl2NO3. The molecule has 0 heterocycles. The largest absolute Gasteiger partial charge is 0.490 e. The Morgan fingerprint density at radius 1 is 1.39 bits per heavy atom. The maximum absolute atomic E-state index is 10.6. The van der Waals surface area contributed by atoms with Crippen molar-refractivity contribution >= 4 is 44.8 Å². The molecule has 4 nitrogen and oxygen atoms in total. The second kappa shape index (κ2) is 5.23. The van der Waals surface area contributed by atoms with Crippen LogP contribution in [0.5, 0.6) is 5.75 Å². The van der Waals surface area contributed by atoms with Crippen molar-refractivity contribution in [2.45, 2.75) is 12.8 Å². The zero-order chi connectivity index (χ0) is 13.3. The molecule has 0 amide bonds. The number of ether oxygens (including phenoxy) is 1. The molecule has 0 bridgehead atoms. The summed E-state index contributed by atoms with van der Waals surface area (Å²) < 4.78 is 5.60. The molecule has 0 saturated heterocycles. The summed E-state index contributed by atoms with van der Waals surface area (Å²) in [4.78, 5) is 10.1. The Bertz CT molecular complexity index is 468. The molecule has 7 heteroatoms. The monoisotopic (exact) mass is 353 g/mol. The normalized spacial score (nSPS) is 16.4. The van der Waals surface area contributed by atoms with Gasteiger partial charge in [0.25, 0.3) is 5.69 Å². The van der Waals surface area contributed by atoms with E-state index in [0.29, 0.717) is 12.4 Å². The number of nitro groups is 1. The molecule has 98 valence electrons. The molecule has 0 aromatic heterocycles. The van der Waals surface area contributed by atoms with Gasteiger partial charge in [-0.1, -0.05) is 39.1 Å². The third-order valence-electron chi connectivity index (χ3n) is 2.96. The fraction of sp³-hybridized carbons (Fsp3) is 0.455. The van der Waals surface area contributed by atoms with Crippen LogP contribution in [0, 0.1) is 15.5 Å². The second-order valence-electron chi connectivity index (χ2n) is 4.42. The van der Waals surface area contributed by atoms with Gasteiger partial charge in [0, 0.05) is 22.9 Å². The lowest BCUT2D eigenvalue weighted by Gasteiger charge is -2.15. The van der Waals surface area contributed by atoms with E-state index in [0.717, 1.165) is 18.2 Å². The van der Waals surface area contributed by atoms with Gasteiger partial charge in [0.15, 0.2) is 5.75 Å². The predicted octanol–water partition coefficient (Wildman–Crippen LogP) is 4.46. The highest BCUT2D eigenvalue weighted by molar-refractivity contribution is 9.09. The SMILES string of the molecule is O=[N+]([O-])c1cc(Cl)c(OCC2(CBr)CC2)c(Cl)c1. The first-order valence-electron chi connectivity index (χ1n) is 5.30. The Hall–Kier alpha value is -0.520. The molecule has 1 aliphatic carbocycles. The Kier molecular flexibility index (Phi) is 4.04. The number of rotatable bonds is 5. The van der Waals surface area contributed by atoms with Crippen LogP contribution in [0.25, 0.3) is 0 Å². The molecular weight excluding hydrogens is 345 g/mol. The van der Waals surface area contributed by atoms with Gasteiger partial charge in [-0.25, -0.2) is 0 Å². The van der Waals surface area contributed by atoms with E-state index in [1.54, 1.807) is 0 Å². The van der Waals surface area contributed by atoms with Crippen LogP contribution in [-0.2, 0) is 0 Å². The minimum absolute atomic E-state index is 0.140. The van der Waals surface area contributed by atoms with Gasteiger partial charge in [0.1, 0.15) is 0 Å². The summed E-state index contributed by atoms with van der Waals surface area (Å²) in [6.45, 7) is 0.509. The summed E-state index contributed by atoms with van der Waals surface area (Å²) in [6, 6.07) is 2.49. The maximum atomic E-state index is 10.6. The van der Waals surface area contributed by atoms with Crippen LogP contribution in [0.15, 0.2) is 12.1 Å². The van der Waals surface area contributed by atoms with Crippen molar-refractivity contribution in [1.82, 2.24) is 0 Å². The van der Waals surface area contributed by atoms with Gasteiger partial charge in [-0.2, -0.15) is 0 Å². The highest BCUT2D eigenvalue weighted by atomic mass is 79.9. The number of halogens is 3. The Morgan fingerprint density at radius 2 is 1.94 bits per heavy atom. The second-order valence-corrected chi connectivity index (χ2v) is 5.79. The first-order valence-corrected chi connectivity index (χ1v) is 7.17. The molecule has 1 saturated carbocycles. The Balaban J connectivity index is 2.15. The minimum atomic E-state index is -0.539. The van der Waals surface area contributed by atoms with Crippen LogP contribution >= 0.6 is 39.1 Å². The fourth-order valence-corrected chi connectivity index (χ4v) is 2.82. The van der Waals surface area contributed by atoms with Crippen molar-refractivity contribution in [2.75, 3.05) is 11.9 Å². The van der Waals surface area contributed by atoms with Gasteiger partial charge in [-0.05, 0) is 12.8 Å².